The van der Waals surface area contributed by atoms with Crippen LogP contribution in [0.2, 0.25) is 5.02 Å². The normalized spacial score (nSPS) is 11.4. The molecule has 0 aliphatic carbocycles. The predicted octanol–water partition coefficient (Wildman–Crippen LogP) is 5.77. The molecule has 0 saturated heterocycles. The SMILES string of the molecule is O=C(O)COCCOCCOCCCc1ccc(-c2nn(-c3nc4cc(Cl)ccc4[nH]3)c(O)c2CCc2ccc(F)cc2)cc1. The highest BCUT2D eigenvalue weighted by atomic mass is 35.5. The lowest BCUT2D eigenvalue weighted by atomic mass is 9.99. The molecule has 45 heavy (non-hydrogen) atoms. The monoisotopic (exact) mass is 636 g/mol. The Morgan fingerprint density at radius 3 is 2.27 bits per heavy atom. The molecule has 2 heterocycles. The van der Waals surface area contributed by atoms with Crippen LogP contribution in [0.25, 0.3) is 28.2 Å². The van der Waals surface area contributed by atoms with Crippen molar-refractivity contribution in [3.05, 3.63) is 94.3 Å². The first-order chi connectivity index (χ1) is 21.9. The van der Waals surface area contributed by atoms with Crippen LogP contribution in [0.5, 0.6) is 5.88 Å². The Balaban J connectivity index is 1.22. The molecule has 10 nitrogen and oxygen atoms in total. The van der Waals surface area contributed by atoms with E-state index in [0.29, 0.717) is 67.0 Å². The first kappa shape index (κ1) is 32.1. The summed E-state index contributed by atoms with van der Waals surface area (Å²) in [5.41, 5.74) is 5.65. The largest absolute Gasteiger partial charge is 0.493 e. The van der Waals surface area contributed by atoms with Gasteiger partial charge in [-0.1, -0.05) is 48.0 Å². The molecule has 12 heteroatoms. The molecule has 0 fully saturated rings. The Kier molecular flexibility index (Phi) is 11.2. The molecule has 0 unspecified atom stereocenters. The third kappa shape index (κ3) is 8.89. The van der Waals surface area contributed by atoms with Crippen LogP contribution in [0.15, 0.2) is 66.7 Å². The molecule has 0 spiro atoms. The number of rotatable bonds is 17. The smallest absolute Gasteiger partial charge is 0.329 e. The van der Waals surface area contributed by atoms with Crippen LogP contribution in [0.4, 0.5) is 4.39 Å². The molecule has 0 aliphatic rings. The number of imidazole rings is 1. The Morgan fingerprint density at radius 1 is 0.867 bits per heavy atom. The molecule has 0 aliphatic heterocycles. The van der Waals surface area contributed by atoms with Gasteiger partial charge in [0.2, 0.25) is 11.8 Å². The number of carboxylic acid groups (broad SMARTS) is 1. The number of hydrogen-bond donors (Lipinski definition) is 3. The first-order valence-electron chi connectivity index (χ1n) is 14.6. The summed E-state index contributed by atoms with van der Waals surface area (Å²) in [5.74, 6) is -0.947. The molecule has 2 aromatic heterocycles. The second-order valence-electron chi connectivity index (χ2n) is 10.4. The second kappa shape index (κ2) is 15.6. The van der Waals surface area contributed by atoms with Crippen LogP contribution in [-0.4, -0.2) is 75.6 Å². The van der Waals surface area contributed by atoms with E-state index >= 15 is 0 Å². The average Bonchev–Trinajstić information content (AvgIpc) is 3.59. The minimum absolute atomic E-state index is 0.0183. The summed E-state index contributed by atoms with van der Waals surface area (Å²) in [7, 11) is 0. The first-order valence-corrected chi connectivity index (χ1v) is 15.0. The van der Waals surface area contributed by atoms with Crippen LogP contribution < -0.4 is 0 Å². The Hall–Kier alpha value is -4.29. The molecule has 3 N–H and O–H groups in total. The molecule has 3 aromatic carbocycles. The highest BCUT2D eigenvalue weighted by Crippen LogP contribution is 2.33. The number of carboxylic acids is 1. The van der Waals surface area contributed by atoms with Crippen molar-refractivity contribution in [2.75, 3.05) is 39.6 Å². The van der Waals surface area contributed by atoms with Crippen molar-refractivity contribution >= 4 is 28.6 Å². The standard InChI is InChI=1S/C33H34ClFN4O6/c34-25-10-14-28-29(20-25)37-33(36-28)39-32(42)27(13-7-23-5-11-26(35)12-6-23)31(38-39)24-8-3-22(4-9-24)2-1-15-43-16-17-44-18-19-45-21-30(40)41/h3-6,8-12,14,20,42H,1-2,7,13,15-19,21H2,(H,36,37)(H,40,41). The van der Waals surface area contributed by atoms with E-state index < -0.39 is 5.97 Å². The number of ether oxygens (including phenoxy) is 3. The van der Waals surface area contributed by atoms with Crippen LogP contribution in [-0.2, 0) is 38.3 Å². The molecule has 0 atom stereocenters. The molecule has 0 amide bonds. The van der Waals surface area contributed by atoms with E-state index in [-0.39, 0.29) is 24.9 Å². The Morgan fingerprint density at radius 2 is 1.53 bits per heavy atom. The van der Waals surface area contributed by atoms with E-state index in [1.807, 2.05) is 30.3 Å². The lowest BCUT2D eigenvalue weighted by Gasteiger charge is -2.07. The van der Waals surface area contributed by atoms with Gasteiger partial charge < -0.3 is 29.4 Å². The summed E-state index contributed by atoms with van der Waals surface area (Å²) in [4.78, 5) is 18.2. The highest BCUT2D eigenvalue weighted by molar-refractivity contribution is 6.31. The van der Waals surface area contributed by atoms with Crippen molar-refractivity contribution in [3.63, 3.8) is 0 Å². The zero-order valence-corrected chi connectivity index (χ0v) is 25.3. The minimum Gasteiger partial charge on any atom is -0.493 e. The van der Waals surface area contributed by atoms with Gasteiger partial charge in [0.25, 0.3) is 0 Å². The van der Waals surface area contributed by atoms with Gasteiger partial charge >= 0.3 is 5.97 Å². The highest BCUT2D eigenvalue weighted by Gasteiger charge is 2.22. The summed E-state index contributed by atoms with van der Waals surface area (Å²) >= 11 is 6.14. The zero-order valence-electron chi connectivity index (χ0n) is 24.5. The van der Waals surface area contributed by atoms with Crippen molar-refractivity contribution in [1.29, 1.82) is 0 Å². The van der Waals surface area contributed by atoms with Gasteiger partial charge in [-0.3, -0.25) is 0 Å². The molecule has 5 aromatic rings. The lowest BCUT2D eigenvalue weighted by Crippen LogP contribution is -2.13. The molecular weight excluding hydrogens is 603 g/mol. The number of halogens is 2. The van der Waals surface area contributed by atoms with E-state index in [9.17, 15) is 14.3 Å². The van der Waals surface area contributed by atoms with E-state index in [0.717, 1.165) is 35.0 Å². The van der Waals surface area contributed by atoms with Crippen LogP contribution in [0.1, 0.15) is 23.1 Å². The van der Waals surface area contributed by atoms with Crippen molar-refractivity contribution in [3.8, 4) is 23.1 Å². The minimum atomic E-state index is -1.00. The van der Waals surface area contributed by atoms with Crippen LogP contribution in [0.3, 0.4) is 0 Å². The van der Waals surface area contributed by atoms with E-state index in [4.69, 9.17) is 36.0 Å². The molecule has 0 radical (unpaired) electrons. The van der Waals surface area contributed by atoms with Crippen LogP contribution in [0, 0.1) is 5.82 Å². The fourth-order valence-electron chi connectivity index (χ4n) is 4.84. The number of aliphatic carboxylic acids is 1. The van der Waals surface area contributed by atoms with Gasteiger partial charge in [0.05, 0.1) is 37.5 Å². The number of H-pyrrole nitrogens is 1. The number of aryl methyl sites for hydroxylation is 2. The summed E-state index contributed by atoms with van der Waals surface area (Å²) in [6, 6.07) is 19.7. The van der Waals surface area contributed by atoms with Gasteiger partial charge in [-0.2, -0.15) is 9.78 Å². The van der Waals surface area contributed by atoms with Gasteiger partial charge in [0.1, 0.15) is 18.1 Å². The number of nitrogens with one attached hydrogen (secondary N) is 1. The predicted molar refractivity (Wildman–Crippen MR) is 168 cm³/mol. The van der Waals surface area contributed by atoms with Gasteiger partial charge in [-0.15, -0.1) is 0 Å². The maximum atomic E-state index is 13.4. The number of aromatic nitrogens is 4. The summed E-state index contributed by atoms with van der Waals surface area (Å²) in [5, 5.41) is 25.2. The fraction of sp³-hybridized carbons (Fsp3) is 0.303. The van der Waals surface area contributed by atoms with Crippen molar-refractivity contribution in [2.24, 2.45) is 0 Å². The summed E-state index contributed by atoms with van der Waals surface area (Å²) in [6.45, 7) is 1.66. The topological polar surface area (TPSA) is 132 Å². The maximum absolute atomic E-state index is 13.4. The third-order valence-corrected chi connectivity index (χ3v) is 7.35. The average molecular weight is 637 g/mol. The van der Waals surface area contributed by atoms with Crippen molar-refractivity contribution in [2.45, 2.75) is 25.7 Å². The number of carbonyl (C=O) groups is 1. The van der Waals surface area contributed by atoms with E-state index in [2.05, 4.69) is 9.97 Å². The molecular formula is C33H34ClFN4O6. The van der Waals surface area contributed by atoms with E-state index in [1.165, 1.54) is 16.8 Å². The lowest BCUT2D eigenvalue weighted by molar-refractivity contribution is -0.142. The van der Waals surface area contributed by atoms with Crippen molar-refractivity contribution < 1.29 is 33.6 Å². The summed E-state index contributed by atoms with van der Waals surface area (Å²) in [6.07, 6.45) is 2.72. The van der Waals surface area contributed by atoms with Gasteiger partial charge in [0, 0.05) is 22.8 Å². The van der Waals surface area contributed by atoms with Gasteiger partial charge in [0.15, 0.2) is 0 Å². The molecule has 0 bridgehead atoms. The second-order valence-corrected chi connectivity index (χ2v) is 10.8. The number of fused-ring (bicyclic) bond motifs is 1. The number of benzene rings is 3. The van der Waals surface area contributed by atoms with Gasteiger partial charge in [-0.25, -0.2) is 14.2 Å². The van der Waals surface area contributed by atoms with E-state index in [1.54, 1.807) is 24.3 Å². The Bertz CT molecular complexity index is 1710. The van der Waals surface area contributed by atoms with Crippen molar-refractivity contribution in [1.82, 2.24) is 19.7 Å². The fourth-order valence-corrected chi connectivity index (χ4v) is 5.01. The number of aromatic hydroxyl groups is 1. The quantitative estimate of drug-likeness (QED) is 0.110. The zero-order chi connectivity index (χ0) is 31.6. The number of hydrogen-bond acceptors (Lipinski definition) is 7. The molecule has 5 rings (SSSR count). The number of nitrogens with zero attached hydrogens (tertiary/aromatic N) is 3. The third-order valence-electron chi connectivity index (χ3n) is 7.12. The Labute approximate surface area is 264 Å². The summed E-state index contributed by atoms with van der Waals surface area (Å²) < 4.78 is 30.7. The van der Waals surface area contributed by atoms with Gasteiger partial charge in [-0.05, 0) is 67.1 Å². The maximum Gasteiger partial charge on any atom is 0.329 e. The molecule has 0 saturated carbocycles. The van der Waals surface area contributed by atoms with Crippen LogP contribution >= 0.6 is 11.6 Å². The number of aromatic amines is 1. The molecule has 236 valence electrons.